The SMILES string of the molecule is Cn1c(=O)c2c(-c3ccc(Br)cc3)cc(-c3ccc(Cl)cc3)nc2n(C)c1=O. The smallest absolute Gasteiger partial charge is 0.280 e. The van der Waals surface area contributed by atoms with Gasteiger partial charge >= 0.3 is 5.69 Å². The Labute approximate surface area is 174 Å². The van der Waals surface area contributed by atoms with Crippen molar-refractivity contribution in [2.75, 3.05) is 0 Å². The molecule has 0 aliphatic carbocycles. The first kappa shape index (κ1) is 18.7. The topological polar surface area (TPSA) is 56.9 Å². The number of nitrogens with zero attached hydrogens (tertiary/aromatic N) is 3. The van der Waals surface area contributed by atoms with Gasteiger partial charge in [-0.2, -0.15) is 0 Å². The van der Waals surface area contributed by atoms with Crippen LogP contribution in [0.25, 0.3) is 33.4 Å². The van der Waals surface area contributed by atoms with Crippen molar-refractivity contribution in [3.8, 4) is 22.4 Å². The Morgan fingerprint density at radius 1 is 0.893 bits per heavy atom. The zero-order chi connectivity index (χ0) is 20.0. The van der Waals surface area contributed by atoms with E-state index in [1.807, 2.05) is 42.5 Å². The number of aromatic nitrogens is 3. The predicted molar refractivity (Wildman–Crippen MR) is 116 cm³/mol. The first-order valence-corrected chi connectivity index (χ1v) is 9.66. The Hall–Kier alpha value is -2.70. The normalized spacial score (nSPS) is 11.1. The molecule has 7 heteroatoms. The lowest BCUT2D eigenvalue weighted by atomic mass is 10.00. The van der Waals surface area contributed by atoms with Gasteiger partial charge in [0, 0.05) is 34.7 Å². The molecule has 4 rings (SSSR count). The zero-order valence-corrected chi connectivity index (χ0v) is 17.5. The molecule has 0 atom stereocenters. The van der Waals surface area contributed by atoms with Gasteiger partial charge < -0.3 is 0 Å². The van der Waals surface area contributed by atoms with Crippen molar-refractivity contribution in [2.24, 2.45) is 14.1 Å². The average Bonchev–Trinajstić information content (AvgIpc) is 2.71. The summed E-state index contributed by atoms with van der Waals surface area (Å²) in [5, 5.41) is 1.03. The van der Waals surface area contributed by atoms with Gasteiger partial charge in [-0.05, 0) is 35.9 Å². The lowest BCUT2D eigenvalue weighted by Gasteiger charge is -2.13. The molecular weight excluding hydrogens is 442 g/mol. The van der Waals surface area contributed by atoms with Crippen molar-refractivity contribution in [3.63, 3.8) is 0 Å². The highest BCUT2D eigenvalue weighted by Gasteiger charge is 2.17. The summed E-state index contributed by atoms with van der Waals surface area (Å²) in [7, 11) is 3.09. The average molecular weight is 457 g/mol. The fraction of sp³-hybridized carbons (Fsp3) is 0.0952. The molecule has 28 heavy (non-hydrogen) atoms. The van der Waals surface area contributed by atoms with E-state index in [0.717, 1.165) is 25.7 Å². The highest BCUT2D eigenvalue weighted by molar-refractivity contribution is 9.10. The molecule has 0 N–H and O–H groups in total. The minimum atomic E-state index is -0.417. The number of benzene rings is 2. The maximum absolute atomic E-state index is 12.9. The third kappa shape index (κ3) is 3.08. The van der Waals surface area contributed by atoms with Crippen LogP contribution < -0.4 is 11.2 Å². The summed E-state index contributed by atoms with van der Waals surface area (Å²) in [4.78, 5) is 30.0. The van der Waals surface area contributed by atoms with E-state index >= 15 is 0 Å². The van der Waals surface area contributed by atoms with Gasteiger partial charge in [0.2, 0.25) is 0 Å². The Balaban J connectivity index is 2.15. The van der Waals surface area contributed by atoms with Crippen molar-refractivity contribution in [1.82, 2.24) is 14.1 Å². The summed E-state index contributed by atoms with van der Waals surface area (Å²) in [6, 6.07) is 16.8. The van der Waals surface area contributed by atoms with E-state index in [4.69, 9.17) is 11.6 Å². The van der Waals surface area contributed by atoms with Crippen LogP contribution in [0.4, 0.5) is 0 Å². The van der Waals surface area contributed by atoms with Gasteiger partial charge in [0.1, 0.15) is 0 Å². The number of hydrogen-bond donors (Lipinski definition) is 0. The second-order valence-corrected chi connectivity index (χ2v) is 7.83. The van der Waals surface area contributed by atoms with Crippen molar-refractivity contribution in [2.45, 2.75) is 0 Å². The summed E-state index contributed by atoms with van der Waals surface area (Å²) < 4.78 is 3.44. The van der Waals surface area contributed by atoms with Crippen molar-refractivity contribution >= 4 is 38.6 Å². The largest absolute Gasteiger partial charge is 0.332 e. The number of pyridine rings is 1. The second kappa shape index (κ2) is 7.04. The molecule has 0 saturated carbocycles. The van der Waals surface area contributed by atoms with Crippen LogP contribution in [0.1, 0.15) is 0 Å². The van der Waals surface area contributed by atoms with Crippen LogP contribution in [0.2, 0.25) is 5.02 Å². The molecule has 0 aliphatic heterocycles. The van der Waals surface area contributed by atoms with Crippen LogP contribution >= 0.6 is 27.5 Å². The third-order valence-electron chi connectivity index (χ3n) is 4.71. The van der Waals surface area contributed by atoms with Gasteiger partial charge in [0.25, 0.3) is 5.56 Å². The molecule has 2 aromatic heterocycles. The molecule has 0 saturated heterocycles. The van der Waals surface area contributed by atoms with Crippen molar-refractivity contribution < 1.29 is 0 Å². The number of hydrogen-bond acceptors (Lipinski definition) is 3. The van der Waals surface area contributed by atoms with E-state index < -0.39 is 5.69 Å². The molecule has 0 bridgehead atoms. The van der Waals surface area contributed by atoms with Crippen molar-refractivity contribution in [1.29, 1.82) is 0 Å². The maximum atomic E-state index is 12.9. The Morgan fingerprint density at radius 2 is 1.50 bits per heavy atom. The third-order valence-corrected chi connectivity index (χ3v) is 5.49. The first-order chi connectivity index (χ1) is 13.4. The minimum absolute atomic E-state index is 0.346. The Morgan fingerprint density at radius 3 is 2.14 bits per heavy atom. The van der Waals surface area contributed by atoms with Gasteiger partial charge in [0.15, 0.2) is 5.65 Å². The van der Waals surface area contributed by atoms with Gasteiger partial charge in [-0.25, -0.2) is 9.78 Å². The summed E-state index contributed by atoms with van der Waals surface area (Å²) >= 11 is 9.44. The molecule has 0 aliphatic rings. The van der Waals surface area contributed by atoms with E-state index in [1.165, 1.54) is 11.6 Å². The molecule has 140 valence electrons. The maximum Gasteiger partial charge on any atom is 0.332 e. The monoisotopic (exact) mass is 455 g/mol. The van der Waals surface area contributed by atoms with Crippen molar-refractivity contribution in [3.05, 3.63) is 84.9 Å². The lowest BCUT2D eigenvalue weighted by Crippen LogP contribution is -2.37. The highest BCUT2D eigenvalue weighted by Crippen LogP contribution is 2.31. The number of aryl methyl sites for hydroxylation is 1. The van der Waals surface area contributed by atoms with E-state index in [-0.39, 0.29) is 5.56 Å². The van der Waals surface area contributed by atoms with E-state index in [1.54, 1.807) is 19.2 Å². The first-order valence-electron chi connectivity index (χ1n) is 8.49. The van der Waals surface area contributed by atoms with Crippen LogP contribution in [-0.4, -0.2) is 14.1 Å². The molecule has 0 spiro atoms. The Bertz CT molecular complexity index is 1320. The minimum Gasteiger partial charge on any atom is -0.280 e. The quantitative estimate of drug-likeness (QED) is 0.450. The molecular formula is C21H15BrClN3O2. The summed E-state index contributed by atoms with van der Waals surface area (Å²) in [5.74, 6) is 0. The van der Waals surface area contributed by atoms with Crippen LogP contribution in [-0.2, 0) is 14.1 Å². The van der Waals surface area contributed by atoms with E-state index in [9.17, 15) is 9.59 Å². The van der Waals surface area contributed by atoms with Crippen LogP contribution in [0.5, 0.6) is 0 Å². The van der Waals surface area contributed by atoms with E-state index in [2.05, 4.69) is 20.9 Å². The molecule has 5 nitrogen and oxygen atoms in total. The van der Waals surface area contributed by atoms with Gasteiger partial charge in [0.05, 0.1) is 11.1 Å². The second-order valence-electron chi connectivity index (χ2n) is 6.47. The van der Waals surface area contributed by atoms with Crippen LogP contribution in [0.3, 0.4) is 0 Å². The molecule has 2 heterocycles. The number of fused-ring (bicyclic) bond motifs is 1. The number of rotatable bonds is 2. The summed E-state index contributed by atoms with van der Waals surface area (Å²) in [6.07, 6.45) is 0. The highest BCUT2D eigenvalue weighted by atomic mass is 79.9. The Kier molecular flexibility index (Phi) is 4.69. The fourth-order valence-electron chi connectivity index (χ4n) is 3.18. The molecule has 0 radical (unpaired) electrons. The molecule has 2 aromatic carbocycles. The molecule has 4 aromatic rings. The van der Waals surface area contributed by atoms with E-state index in [0.29, 0.717) is 21.7 Å². The summed E-state index contributed by atoms with van der Waals surface area (Å²) in [5.41, 5.74) is 2.65. The predicted octanol–water partition coefficient (Wildman–Crippen LogP) is 4.38. The van der Waals surface area contributed by atoms with Crippen LogP contribution in [0, 0.1) is 0 Å². The molecule has 0 amide bonds. The van der Waals surface area contributed by atoms with Gasteiger partial charge in [-0.1, -0.05) is 51.8 Å². The van der Waals surface area contributed by atoms with Crippen LogP contribution in [0.15, 0.2) is 68.7 Å². The van der Waals surface area contributed by atoms with Gasteiger partial charge in [-0.15, -0.1) is 0 Å². The zero-order valence-electron chi connectivity index (χ0n) is 15.1. The standard InChI is InChI=1S/C21H15BrClN3O2/c1-25-19-18(20(27)26(2)21(25)28)16(12-3-7-14(22)8-4-12)11-17(24-19)13-5-9-15(23)10-6-13/h3-11H,1-2H3. The van der Waals surface area contributed by atoms with Gasteiger partial charge in [-0.3, -0.25) is 13.9 Å². The fourth-order valence-corrected chi connectivity index (χ4v) is 3.57. The summed E-state index contributed by atoms with van der Waals surface area (Å²) in [6.45, 7) is 0. The molecule has 0 fully saturated rings. The lowest BCUT2D eigenvalue weighted by molar-refractivity contribution is 0.708. The number of halogens is 2. The molecule has 0 unspecified atom stereocenters.